The van der Waals surface area contributed by atoms with Gasteiger partial charge in [0.15, 0.2) is 0 Å². The minimum atomic E-state index is -4.01. The molecule has 6 nitrogen and oxygen atoms in total. The highest BCUT2D eigenvalue weighted by atomic mass is 32.2. The Morgan fingerprint density at radius 1 is 0.971 bits per heavy atom. The highest BCUT2D eigenvalue weighted by Gasteiger charge is 2.35. The molecular weight excluding hydrogens is 452 g/mol. The molecule has 0 unspecified atom stereocenters. The average molecular weight is 481 g/mol. The number of esters is 1. The number of aliphatic hydroxyl groups is 1. The molecule has 3 aromatic carbocycles. The van der Waals surface area contributed by atoms with Crippen LogP contribution in [-0.4, -0.2) is 32.2 Å². The molecule has 34 heavy (non-hydrogen) atoms. The zero-order valence-electron chi connectivity index (χ0n) is 19.2. The Balaban J connectivity index is 1.60. The van der Waals surface area contributed by atoms with Crippen molar-refractivity contribution in [1.82, 2.24) is 0 Å². The second-order valence-corrected chi connectivity index (χ2v) is 10.3. The number of rotatable bonds is 7. The topological polar surface area (TPSA) is 89.9 Å². The van der Waals surface area contributed by atoms with Gasteiger partial charge < -0.3 is 9.84 Å². The first-order valence-corrected chi connectivity index (χ1v) is 12.6. The van der Waals surface area contributed by atoms with Gasteiger partial charge in [0, 0.05) is 12.8 Å². The molecule has 1 N–H and O–H groups in total. The fraction of sp³-hybridized carbons (Fsp3) is 0.296. The van der Waals surface area contributed by atoms with E-state index in [2.05, 4.69) is 0 Å². The highest BCUT2D eigenvalue weighted by molar-refractivity contribution is 7.86. The first-order chi connectivity index (χ1) is 16.2. The Hall–Kier alpha value is -3.00. The smallest absolute Gasteiger partial charge is 0.303 e. The van der Waals surface area contributed by atoms with Crippen molar-refractivity contribution in [2.75, 3.05) is 6.61 Å². The Labute approximate surface area is 200 Å². The van der Waals surface area contributed by atoms with E-state index in [9.17, 15) is 18.3 Å². The number of aliphatic hydroxyl groups excluding tert-OH is 1. The van der Waals surface area contributed by atoms with Gasteiger partial charge in [-0.25, -0.2) is 0 Å². The lowest BCUT2D eigenvalue weighted by Crippen LogP contribution is -2.26. The molecule has 1 aliphatic rings. The van der Waals surface area contributed by atoms with Crippen LogP contribution in [0.4, 0.5) is 0 Å². The molecule has 0 aromatic heterocycles. The van der Waals surface area contributed by atoms with Crippen LogP contribution in [0.5, 0.6) is 0 Å². The van der Waals surface area contributed by atoms with Gasteiger partial charge in [0.25, 0.3) is 10.1 Å². The minimum Gasteiger partial charge on any atom is -0.457 e. The summed E-state index contributed by atoms with van der Waals surface area (Å²) < 4.78 is 36.1. The zero-order valence-corrected chi connectivity index (χ0v) is 20.0. The third-order valence-corrected chi connectivity index (χ3v) is 7.40. The molecule has 0 amide bonds. The van der Waals surface area contributed by atoms with Crippen molar-refractivity contribution in [3.63, 3.8) is 0 Å². The largest absolute Gasteiger partial charge is 0.457 e. The van der Waals surface area contributed by atoms with Crippen molar-refractivity contribution in [3.8, 4) is 0 Å². The monoisotopic (exact) mass is 480 g/mol. The fourth-order valence-corrected chi connectivity index (χ4v) is 5.43. The molecule has 0 spiro atoms. The molecule has 0 saturated carbocycles. The van der Waals surface area contributed by atoms with Gasteiger partial charge in [0.2, 0.25) is 0 Å². The van der Waals surface area contributed by atoms with Gasteiger partial charge in [-0.1, -0.05) is 66.2 Å². The Bertz CT molecular complexity index is 1270. The van der Waals surface area contributed by atoms with E-state index >= 15 is 0 Å². The predicted octanol–water partition coefficient (Wildman–Crippen LogP) is 4.44. The standard InChI is InChI=1S/C27H28O6S/c1-18-11-13-23(14-12-18)34(30,31)32-17-22(29)16-26-24-9-5-3-7-20(24)15-21-8-4-6-10-25(21)27(26)33-19(2)28/h3-14,22,26-27,29H,15-17H2,1-2H3/t22-,26-,27+/m1/s1. The first kappa shape index (κ1) is 24.1. The quantitative estimate of drug-likeness (QED) is 0.397. The molecule has 0 radical (unpaired) electrons. The maximum Gasteiger partial charge on any atom is 0.303 e. The lowest BCUT2D eigenvalue weighted by molar-refractivity contribution is -0.148. The minimum absolute atomic E-state index is 0.0387. The molecule has 1 aliphatic carbocycles. The Morgan fingerprint density at radius 3 is 2.21 bits per heavy atom. The van der Waals surface area contributed by atoms with Crippen LogP contribution >= 0.6 is 0 Å². The Morgan fingerprint density at radius 2 is 1.56 bits per heavy atom. The van der Waals surface area contributed by atoms with E-state index in [-0.39, 0.29) is 17.2 Å². The summed E-state index contributed by atoms with van der Waals surface area (Å²) in [5, 5.41) is 10.8. The predicted molar refractivity (Wildman–Crippen MR) is 128 cm³/mol. The van der Waals surface area contributed by atoms with Crippen LogP contribution in [-0.2, 0) is 30.3 Å². The van der Waals surface area contributed by atoms with Crippen molar-refractivity contribution in [2.45, 2.75) is 49.7 Å². The molecule has 3 aromatic rings. The van der Waals surface area contributed by atoms with Crippen LogP contribution in [0, 0.1) is 6.92 Å². The number of hydrogen-bond donors (Lipinski definition) is 1. The van der Waals surface area contributed by atoms with Crippen LogP contribution in [0.2, 0.25) is 0 Å². The van der Waals surface area contributed by atoms with Crippen molar-refractivity contribution in [3.05, 3.63) is 101 Å². The van der Waals surface area contributed by atoms with Gasteiger partial charge in [-0.2, -0.15) is 8.42 Å². The molecule has 4 rings (SSSR count). The van der Waals surface area contributed by atoms with Crippen molar-refractivity contribution >= 4 is 16.1 Å². The van der Waals surface area contributed by atoms with Crippen molar-refractivity contribution < 1.29 is 27.2 Å². The van der Waals surface area contributed by atoms with E-state index in [1.165, 1.54) is 19.1 Å². The number of aryl methyl sites for hydroxylation is 1. The summed E-state index contributed by atoms with van der Waals surface area (Å²) in [7, 11) is -4.01. The maximum atomic E-state index is 12.6. The van der Waals surface area contributed by atoms with Crippen LogP contribution in [0.3, 0.4) is 0 Å². The van der Waals surface area contributed by atoms with Gasteiger partial charge in [0.1, 0.15) is 6.10 Å². The van der Waals surface area contributed by atoms with Crippen LogP contribution in [0.1, 0.15) is 53.2 Å². The number of ether oxygens (including phenoxy) is 1. The summed E-state index contributed by atoms with van der Waals surface area (Å²) in [4.78, 5) is 12.1. The molecule has 0 aliphatic heterocycles. The van der Waals surface area contributed by atoms with Crippen molar-refractivity contribution in [2.24, 2.45) is 0 Å². The molecular formula is C27H28O6S. The second-order valence-electron chi connectivity index (χ2n) is 8.65. The van der Waals surface area contributed by atoms with E-state index in [1.54, 1.807) is 12.1 Å². The van der Waals surface area contributed by atoms with Gasteiger partial charge in [-0.15, -0.1) is 0 Å². The summed E-state index contributed by atoms with van der Waals surface area (Å²) in [6.07, 6.45) is -0.871. The summed E-state index contributed by atoms with van der Waals surface area (Å²) in [5.41, 5.74) is 4.92. The lowest BCUT2D eigenvalue weighted by atomic mass is 9.84. The van der Waals surface area contributed by atoms with Crippen LogP contribution in [0.25, 0.3) is 0 Å². The van der Waals surface area contributed by atoms with E-state index in [1.807, 2.05) is 55.5 Å². The van der Waals surface area contributed by atoms with Crippen molar-refractivity contribution in [1.29, 1.82) is 0 Å². The average Bonchev–Trinajstić information content (AvgIpc) is 2.93. The van der Waals surface area contributed by atoms with Gasteiger partial charge in [-0.05, 0) is 54.2 Å². The molecule has 7 heteroatoms. The normalized spacial score (nSPS) is 18.3. The zero-order chi connectivity index (χ0) is 24.3. The second kappa shape index (κ2) is 10.1. The van der Waals surface area contributed by atoms with Gasteiger partial charge in [0.05, 0.1) is 17.6 Å². The van der Waals surface area contributed by atoms with E-state index < -0.39 is 34.9 Å². The highest BCUT2D eigenvalue weighted by Crippen LogP contribution is 2.44. The summed E-state index contributed by atoms with van der Waals surface area (Å²) in [6, 6.07) is 22.0. The molecule has 0 fully saturated rings. The number of fused-ring (bicyclic) bond motifs is 2. The van der Waals surface area contributed by atoms with E-state index in [0.29, 0.717) is 6.42 Å². The molecule has 0 bridgehead atoms. The molecule has 0 saturated heterocycles. The summed E-state index contributed by atoms with van der Waals surface area (Å²) in [6.45, 7) is 2.83. The van der Waals surface area contributed by atoms with Gasteiger partial charge >= 0.3 is 5.97 Å². The Kier molecular flexibility index (Phi) is 7.16. The first-order valence-electron chi connectivity index (χ1n) is 11.2. The SMILES string of the molecule is CC(=O)O[C@H]1c2ccccc2Cc2ccccc2[C@H]1C[C@@H](O)COS(=O)(=O)c1ccc(C)cc1. The summed E-state index contributed by atoms with van der Waals surface area (Å²) >= 11 is 0. The number of benzene rings is 3. The van der Waals surface area contributed by atoms with E-state index in [0.717, 1.165) is 27.8 Å². The fourth-order valence-electron chi connectivity index (χ4n) is 4.49. The number of carbonyl (C=O) groups excluding carboxylic acids is 1. The van der Waals surface area contributed by atoms with Crippen LogP contribution in [0.15, 0.2) is 77.7 Å². The summed E-state index contributed by atoms with van der Waals surface area (Å²) in [5.74, 6) is -0.790. The number of hydrogen-bond acceptors (Lipinski definition) is 6. The number of carbonyl (C=O) groups is 1. The lowest BCUT2D eigenvalue weighted by Gasteiger charge is -2.29. The maximum absolute atomic E-state index is 12.6. The molecule has 0 heterocycles. The molecule has 178 valence electrons. The van der Waals surface area contributed by atoms with Gasteiger partial charge in [-0.3, -0.25) is 8.98 Å². The van der Waals surface area contributed by atoms with Crippen LogP contribution < -0.4 is 0 Å². The third kappa shape index (κ3) is 5.38. The van der Waals surface area contributed by atoms with E-state index in [4.69, 9.17) is 8.92 Å². The molecule has 3 atom stereocenters. The third-order valence-electron chi connectivity index (χ3n) is 6.11.